The van der Waals surface area contributed by atoms with Gasteiger partial charge in [0.05, 0.1) is 0 Å². The molecule has 3 atom stereocenters. The van der Waals surface area contributed by atoms with Gasteiger partial charge in [0.1, 0.15) is 0 Å². The van der Waals surface area contributed by atoms with E-state index in [1.807, 2.05) is 6.20 Å². The molecule has 2 nitrogen and oxygen atoms in total. The quantitative estimate of drug-likeness (QED) is 0.804. The minimum atomic E-state index is 0.645. The molecule has 2 rings (SSSR count). The smallest absolute Gasteiger partial charge is 0.0305 e. The van der Waals surface area contributed by atoms with E-state index < -0.39 is 0 Å². The highest BCUT2D eigenvalue weighted by Gasteiger charge is 2.24. The summed E-state index contributed by atoms with van der Waals surface area (Å²) < 4.78 is 0. The summed E-state index contributed by atoms with van der Waals surface area (Å²) in [5.41, 5.74) is 3.05. The summed E-state index contributed by atoms with van der Waals surface area (Å²) in [5, 5.41) is 3.67. The standard InChI is InChI=1S/C17H28N2/c1-4-13(3)19-11-14(5-2)10-16-7-6-15-8-9-18-12-17(15)16/h8-9,12-14,16,19H,4-7,10-11H2,1-3H3. The highest BCUT2D eigenvalue weighted by atomic mass is 14.9. The molecule has 2 heteroatoms. The Morgan fingerprint density at radius 3 is 2.95 bits per heavy atom. The summed E-state index contributed by atoms with van der Waals surface area (Å²) in [4.78, 5) is 4.31. The number of aryl methyl sites for hydroxylation is 1. The first-order chi connectivity index (χ1) is 9.24. The maximum absolute atomic E-state index is 4.31. The highest BCUT2D eigenvalue weighted by molar-refractivity contribution is 5.31. The van der Waals surface area contributed by atoms with Crippen molar-refractivity contribution in [2.75, 3.05) is 6.54 Å². The number of fused-ring (bicyclic) bond motifs is 1. The first-order valence-electron chi connectivity index (χ1n) is 7.90. The topological polar surface area (TPSA) is 24.9 Å². The van der Waals surface area contributed by atoms with Crippen LogP contribution in [0.3, 0.4) is 0 Å². The Labute approximate surface area is 118 Å². The van der Waals surface area contributed by atoms with Gasteiger partial charge in [0.2, 0.25) is 0 Å². The van der Waals surface area contributed by atoms with Gasteiger partial charge in [-0.15, -0.1) is 0 Å². The lowest BCUT2D eigenvalue weighted by Crippen LogP contribution is -2.31. The van der Waals surface area contributed by atoms with Crippen molar-refractivity contribution in [3.8, 4) is 0 Å². The van der Waals surface area contributed by atoms with E-state index in [4.69, 9.17) is 0 Å². The molecule has 1 aliphatic rings. The fraction of sp³-hybridized carbons (Fsp3) is 0.706. The number of pyridine rings is 1. The van der Waals surface area contributed by atoms with Gasteiger partial charge in [-0.05, 0) is 68.2 Å². The maximum atomic E-state index is 4.31. The number of nitrogens with zero attached hydrogens (tertiary/aromatic N) is 1. The molecule has 1 aromatic rings. The molecule has 19 heavy (non-hydrogen) atoms. The molecule has 0 saturated carbocycles. The van der Waals surface area contributed by atoms with Crippen LogP contribution in [0, 0.1) is 5.92 Å². The van der Waals surface area contributed by atoms with Gasteiger partial charge in [0.15, 0.2) is 0 Å². The van der Waals surface area contributed by atoms with Crippen LogP contribution in [0.2, 0.25) is 0 Å². The second-order valence-corrected chi connectivity index (χ2v) is 6.04. The average molecular weight is 260 g/mol. The van der Waals surface area contributed by atoms with Gasteiger partial charge in [-0.25, -0.2) is 0 Å². The molecule has 1 aromatic heterocycles. The Hall–Kier alpha value is -0.890. The first kappa shape index (κ1) is 14.5. The van der Waals surface area contributed by atoms with Crippen molar-refractivity contribution in [1.29, 1.82) is 0 Å². The van der Waals surface area contributed by atoms with Crippen LogP contribution in [0.15, 0.2) is 18.5 Å². The summed E-state index contributed by atoms with van der Waals surface area (Å²) in [5.74, 6) is 1.54. The second kappa shape index (κ2) is 7.04. The maximum Gasteiger partial charge on any atom is 0.0305 e. The van der Waals surface area contributed by atoms with E-state index in [0.717, 1.165) is 18.4 Å². The van der Waals surface area contributed by atoms with Crippen molar-refractivity contribution >= 4 is 0 Å². The van der Waals surface area contributed by atoms with Crippen LogP contribution in [0.5, 0.6) is 0 Å². The van der Waals surface area contributed by atoms with Crippen LogP contribution in [-0.4, -0.2) is 17.6 Å². The third-order valence-corrected chi connectivity index (χ3v) is 4.71. The van der Waals surface area contributed by atoms with E-state index in [-0.39, 0.29) is 0 Å². The molecule has 0 fully saturated rings. The fourth-order valence-electron chi connectivity index (χ4n) is 3.07. The monoisotopic (exact) mass is 260 g/mol. The van der Waals surface area contributed by atoms with Gasteiger partial charge in [-0.2, -0.15) is 0 Å². The average Bonchev–Trinajstić information content (AvgIpc) is 2.86. The van der Waals surface area contributed by atoms with E-state index in [1.54, 1.807) is 0 Å². The Morgan fingerprint density at radius 1 is 1.37 bits per heavy atom. The first-order valence-corrected chi connectivity index (χ1v) is 7.90. The van der Waals surface area contributed by atoms with Crippen molar-refractivity contribution in [2.24, 2.45) is 5.92 Å². The number of hydrogen-bond donors (Lipinski definition) is 1. The molecule has 3 unspecified atom stereocenters. The lowest BCUT2D eigenvalue weighted by atomic mass is 9.89. The molecular weight excluding hydrogens is 232 g/mol. The van der Waals surface area contributed by atoms with Crippen molar-refractivity contribution < 1.29 is 0 Å². The molecule has 1 aliphatic carbocycles. The van der Waals surface area contributed by atoms with Crippen LogP contribution in [0.1, 0.15) is 63.5 Å². The molecule has 1 heterocycles. The number of aromatic nitrogens is 1. The van der Waals surface area contributed by atoms with Gasteiger partial charge in [-0.1, -0.05) is 20.3 Å². The van der Waals surface area contributed by atoms with Crippen molar-refractivity contribution in [2.45, 2.75) is 64.8 Å². The number of hydrogen-bond acceptors (Lipinski definition) is 2. The summed E-state index contributed by atoms with van der Waals surface area (Å²) >= 11 is 0. The largest absolute Gasteiger partial charge is 0.314 e. The lowest BCUT2D eigenvalue weighted by Gasteiger charge is -2.22. The van der Waals surface area contributed by atoms with Gasteiger partial charge >= 0.3 is 0 Å². The van der Waals surface area contributed by atoms with Crippen LogP contribution < -0.4 is 5.32 Å². The Bertz CT molecular complexity index is 389. The molecule has 1 N–H and O–H groups in total. The normalized spacial score (nSPS) is 21.1. The Kier molecular flexibility index (Phi) is 5.38. The van der Waals surface area contributed by atoms with Crippen LogP contribution in [0.25, 0.3) is 0 Å². The summed E-state index contributed by atoms with van der Waals surface area (Å²) in [6.07, 6.45) is 10.4. The zero-order chi connectivity index (χ0) is 13.7. The SMILES string of the molecule is CCC(CNC(C)CC)CC1CCc2ccncc21. The molecule has 106 valence electrons. The Balaban J connectivity index is 1.89. The molecule has 0 spiro atoms. The van der Waals surface area contributed by atoms with E-state index in [2.05, 4.69) is 43.3 Å². The van der Waals surface area contributed by atoms with Crippen molar-refractivity contribution in [3.05, 3.63) is 29.6 Å². The predicted molar refractivity (Wildman–Crippen MR) is 81.5 cm³/mol. The second-order valence-electron chi connectivity index (χ2n) is 6.04. The van der Waals surface area contributed by atoms with Gasteiger partial charge in [0, 0.05) is 18.4 Å². The molecule has 0 amide bonds. The van der Waals surface area contributed by atoms with Crippen LogP contribution in [0.4, 0.5) is 0 Å². The minimum Gasteiger partial charge on any atom is -0.314 e. The van der Waals surface area contributed by atoms with Gasteiger partial charge in [-0.3, -0.25) is 4.98 Å². The zero-order valence-corrected chi connectivity index (χ0v) is 12.7. The molecular formula is C17H28N2. The summed E-state index contributed by atoms with van der Waals surface area (Å²) in [6, 6.07) is 2.85. The van der Waals surface area contributed by atoms with Crippen LogP contribution >= 0.6 is 0 Å². The molecule has 0 aliphatic heterocycles. The third kappa shape index (κ3) is 3.79. The molecule has 0 bridgehead atoms. The predicted octanol–water partition coefficient (Wildman–Crippen LogP) is 3.92. The number of nitrogens with one attached hydrogen (secondary N) is 1. The van der Waals surface area contributed by atoms with Crippen molar-refractivity contribution in [3.63, 3.8) is 0 Å². The molecule has 0 saturated heterocycles. The Morgan fingerprint density at radius 2 is 2.21 bits per heavy atom. The summed E-state index contributed by atoms with van der Waals surface area (Å²) in [6.45, 7) is 8.01. The van der Waals surface area contributed by atoms with E-state index in [9.17, 15) is 0 Å². The highest BCUT2D eigenvalue weighted by Crippen LogP contribution is 2.37. The van der Waals surface area contributed by atoms with Gasteiger partial charge in [0.25, 0.3) is 0 Å². The zero-order valence-electron chi connectivity index (χ0n) is 12.7. The van der Waals surface area contributed by atoms with Crippen LogP contribution in [-0.2, 0) is 6.42 Å². The van der Waals surface area contributed by atoms with E-state index in [1.165, 1.54) is 43.2 Å². The molecule has 0 radical (unpaired) electrons. The van der Waals surface area contributed by atoms with E-state index >= 15 is 0 Å². The summed E-state index contributed by atoms with van der Waals surface area (Å²) in [7, 11) is 0. The molecule has 0 aromatic carbocycles. The third-order valence-electron chi connectivity index (χ3n) is 4.71. The van der Waals surface area contributed by atoms with Crippen molar-refractivity contribution in [1.82, 2.24) is 10.3 Å². The van der Waals surface area contributed by atoms with Gasteiger partial charge < -0.3 is 5.32 Å². The number of rotatable bonds is 7. The van der Waals surface area contributed by atoms with E-state index in [0.29, 0.717) is 6.04 Å². The lowest BCUT2D eigenvalue weighted by molar-refractivity contribution is 0.373. The fourth-order valence-corrected chi connectivity index (χ4v) is 3.07. The minimum absolute atomic E-state index is 0.645.